The second-order valence-corrected chi connectivity index (χ2v) is 18.0. The molecule has 3 aromatic carbocycles. The van der Waals surface area contributed by atoms with E-state index < -0.39 is 89.9 Å². The number of hydrogen-bond donors (Lipinski definition) is 4. The molecule has 1 saturated heterocycles. The van der Waals surface area contributed by atoms with E-state index in [1.807, 2.05) is 55.4 Å². The normalized spacial score (nSPS) is 15.2. The van der Waals surface area contributed by atoms with Crippen LogP contribution in [0.1, 0.15) is 57.7 Å². The molecular formula is C49H67FN6O10. The Bertz CT molecular complexity index is 2010. The van der Waals surface area contributed by atoms with E-state index in [2.05, 4.69) is 21.3 Å². The molecular weight excluding hydrogens is 852 g/mol. The summed E-state index contributed by atoms with van der Waals surface area (Å²) in [5, 5.41) is 11.0. The molecule has 5 atom stereocenters. The predicted molar refractivity (Wildman–Crippen MR) is 246 cm³/mol. The molecule has 0 radical (unpaired) electrons. The lowest BCUT2D eigenvalue weighted by atomic mass is 9.88. The topological polar surface area (TPSA) is 194 Å². The Hall–Kier alpha value is -5.91. The summed E-state index contributed by atoms with van der Waals surface area (Å²) in [4.78, 5) is 86.2. The third-order valence-corrected chi connectivity index (χ3v) is 10.6. The minimum absolute atomic E-state index is 0.0130. The van der Waals surface area contributed by atoms with Crippen molar-refractivity contribution < 1.29 is 52.1 Å². The molecule has 1 fully saturated rings. The van der Waals surface area contributed by atoms with Crippen LogP contribution in [0.3, 0.4) is 0 Å². The van der Waals surface area contributed by atoms with Crippen LogP contribution in [-0.2, 0) is 57.4 Å². The van der Waals surface area contributed by atoms with Crippen LogP contribution in [-0.4, -0.2) is 136 Å². The summed E-state index contributed by atoms with van der Waals surface area (Å²) in [6.07, 6.45) is -1.88. The van der Waals surface area contributed by atoms with Gasteiger partial charge < -0.3 is 44.7 Å². The third-order valence-electron chi connectivity index (χ3n) is 10.6. The quantitative estimate of drug-likeness (QED) is 0.0823. The number of halogens is 1. The molecule has 1 aliphatic heterocycles. The number of amides is 6. The van der Waals surface area contributed by atoms with E-state index in [4.69, 9.17) is 18.9 Å². The average Bonchev–Trinajstić information content (AvgIpc) is 3.26. The maximum Gasteiger partial charge on any atom is 0.408 e. The molecule has 0 aromatic heterocycles. The van der Waals surface area contributed by atoms with Crippen LogP contribution in [0.15, 0.2) is 84.9 Å². The zero-order valence-corrected chi connectivity index (χ0v) is 39.2. The fourth-order valence-electron chi connectivity index (χ4n) is 7.14. The van der Waals surface area contributed by atoms with Gasteiger partial charge in [-0.3, -0.25) is 19.7 Å². The Morgan fingerprint density at radius 1 is 0.758 bits per heavy atom. The first-order valence-corrected chi connectivity index (χ1v) is 22.4. The number of rotatable bonds is 22. The van der Waals surface area contributed by atoms with Crippen molar-refractivity contribution in [1.29, 1.82) is 0 Å². The molecule has 0 saturated carbocycles. The Labute approximate surface area is 387 Å². The standard InChI is InChI=1S/C49H67FN6O10/c1-33(2)43(46(60)51-40(30-35-16-12-9-13-17-35)45(59)54-47(61)56-23-26-63-27-24-56)53-44(58)37(28-36-18-20-38(50)21-19-36)31-41(65-42(57)32-64-25-22-55(6)7)39(29-34-14-10-8-11-15-34)52-48(62)66-49(3,4)5/h8-21,33,37,39-41,43H,22-32H2,1-7H3,(H,51,60)(H,52,62)(H,53,58)(H,54,59,61). The Kier molecular flexibility index (Phi) is 21.0. The summed E-state index contributed by atoms with van der Waals surface area (Å²) in [5.74, 6) is -4.79. The summed E-state index contributed by atoms with van der Waals surface area (Å²) in [5.41, 5.74) is 1.21. The number of carbonyl (C=O) groups is 6. The largest absolute Gasteiger partial charge is 0.458 e. The summed E-state index contributed by atoms with van der Waals surface area (Å²) in [6.45, 7) is 10.2. The molecule has 5 unspecified atom stereocenters. The van der Waals surface area contributed by atoms with Gasteiger partial charge >= 0.3 is 18.1 Å². The van der Waals surface area contributed by atoms with Crippen molar-refractivity contribution in [3.05, 3.63) is 107 Å². The number of nitrogens with zero attached hydrogens (tertiary/aromatic N) is 2. The van der Waals surface area contributed by atoms with Gasteiger partial charge in [-0.25, -0.2) is 18.8 Å². The second kappa shape index (κ2) is 26.3. The maximum atomic E-state index is 14.8. The van der Waals surface area contributed by atoms with Gasteiger partial charge in [-0.1, -0.05) is 86.6 Å². The van der Waals surface area contributed by atoms with E-state index in [0.717, 1.165) is 11.1 Å². The Morgan fingerprint density at radius 3 is 1.92 bits per heavy atom. The van der Waals surface area contributed by atoms with Gasteiger partial charge in [0.05, 0.1) is 25.9 Å². The minimum atomic E-state index is -1.21. The highest BCUT2D eigenvalue weighted by molar-refractivity contribution is 5.99. The van der Waals surface area contributed by atoms with Gasteiger partial charge in [0.15, 0.2) is 0 Å². The van der Waals surface area contributed by atoms with Crippen molar-refractivity contribution in [2.45, 2.75) is 90.1 Å². The Balaban J connectivity index is 1.67. The number of morpholine rings is 1. The van der Waals surface area contributed by atoms with E-state index >= 15 is 0 Å². The highest BCUT2D eigenvalue weighted by Gasteiger charge is 2.37. The molecule has 4 N–H and O–H groups in total. The number of benzene rings is 3. The van der Waals surface area contributed by atoms with E-state index in [0.29, 0.717) is 38.4 Å². The molecule has 1 heterocycles. The zero-order chi connectivity index (χ0) is 48.2. The van der Waals surface area contributed by atoms with Gasteiger partial charge in [-0.15, -0.1) is 0 Å². The molecule has 3 aromatic rings. The number of nitrogens with one attached hydrogen (secondary N) is 4. The lowest BCUT2D eigenvalue weighted by Gasteiger charge is -2.32. The first-order valence-electron chi connectivity index (χ1n) is 22.4. The molecule has 1 aliphatic rings. The predicted octanol–water partition coefficient (Wildman–Crippen LogP) is 4.44. The lowest BCUT2D eigenvalue weighted by molar-refractivity contribution is -0.158. The number of carbonyl (C=O) groups excluding carboxylic acids is 6. The van der Waals surface area contributed by atoms with Crippen molar-refractivity contribution in [1.82, 2.24) is 31.1 Å². The van der Waals surface area contributed by atoms with Crippen LogP contribution >= 0.6 is 0 Å². The number of ether oxygens (including phenoxy) is 4. The maximum absolute atomic E-state index is 14.8. The first-order chi connectivity index (χ1) is 31.4. The zero-order valence-electron chi connectivity index (χ0n) is 39.2. The molecule has 4 rings (SSSR count). The van der Waals surface area contributed by atoms with Crippen LogP contribution in [0, 0.1) is 17.7 Å². The van der Waals surface area contributed by atoms with Gasteiger partial charge in [0.25, 0.3) is 5.91 Å². The van der Waals surface area contributed by atoms with E-state index in [1.165, 1.54) is 29.2 Å². The van der Waals surface area contributed by atoms with E-state index in [1.54, 1.807) is 58.9 Å². The molecule has 0 bridgehead atoms. The van der Waals surface area contributed by atoms with Gasteiger partial charge in [0.2, 0.25) is 11.8 Å². The summed E-state index contributed by atoms with van der Waals surface area (Å²) >= 11 is 0. The average molecular weight is 919 g/mol. The molecule has 0 aliphatic carbocycles. The molecule has 66 heavy (non-hydrogen) atoms. The Morgan fingerprint density at radius 2 is 1.35 bits per heavy atom. The lowest BCUT2D eigenvalue weighted by Crippen LogP contribution is -2.58. The second-order valence-electron chi connectivity index (χ2n) is 18.0. The fraction of sp³-hybridized carbons (Fsp3) is 0.510. The first kappa shape index (κ1) is 52.7. The summed E-state index contributed by atoms with van der Waals surface area (Å²) in [6, 6.07) is 19.8. The van der Waals surface area contributed by atoms with Crippen molar-refractivity contribution in [3.63, 3.8) is 0 Å². The number of likely N-dealkylation sites (N-methyl/N-ethyl adjacent to an activating group) is 1. The number of imide groups is 1. The highest BCUT2D eigenvalue weighted by atomic mass is 19.1. The molecule has 360 valence electrons. The van der Waals surface area contributed by atoms with Crippen molar-refractivity contribution in [3.8, 4) is 0 Å². The van der Waals surface area contributed by atoms with E-state index in [9.17, 15) is 33.2 Å². The highest BCUT2D eigenvalue weighted by Crippen LogP contribution is 2.23. The number of alkyl carbamates (subject to hydrolysis) is 1. The SMILES string of the molecule is CC(C)C(NC(=O)C(Cc1ccc(F)cc1)CC(OC(=O)COCCN(C)C)C(Cc1ccccc1)NC(=O)OC(C)(C)C)C(=O)NC(Cc1ccccc1)C(=O)NC(=O)N1CCOCC1. The van der Waals surface area contributed by atoms with Gasteiger partial charge in [-0.05, 0) is 88.9 Å². The number of hydrogen-bond acceptors (Lipinski definition) is 11. The number of urea groups is 1. The summed E-state index contributed by atoms with van der Waals surface area (Å²) in [7, 11) is 3.73. The van der Waals surface area contributed by atoms with Crippen LogP contribution < -0.4 is 21.3 Å². The van der Waals surface area contributed by atoms with Crippen LogP contribution in [0.2, 0.25) is 0 Å². The van der Waals surface area contributed by atoms with Crippen LogP contribution in [0.25, 0.3) is 0 Å². The van der Waals surface area contributed by atoms with Gasteiger partial charge in [0, 0.05) is 32.0 Å². The molecule has 6 amide bonds. The van der Waals surface area contributed by atoms with Crippen LogP contribution in [0.5, 0.6) is 0 Å². The third kappa shape index (κ3) is 18.9. The van der Waals surface area contributed by atoms with Crippen molar-refractivity contribution in [2.24, 2.45) is 11.8 Å². The molecule has 16 nitrogen and oxygen atoms in total. The van der Waals surface area contributed by atoms with Gasteiger partial charge in [0.1, 0.15) is 36.2 Å². The van der Waals surface area contributed by atoms with Crippen LogP contribution in [0.4, 0.5) is 14.0 Å². The van der Waals surface area contributed by atoms with Gasteiger partial charge in [-0.2, -0.15) is 0 Å². The van der Waals surface area contributed by atoms with Crippen molar-refractivity contribution >= 4 is 35.8 Å². The monoisotopic (exact) mass is 918 g/mol. The molecule has 17 heteroatoms. The minimum Gasteiger partial charge on any atom is -0.458 e. The van der Waals surface area contributed by atoms with Crippen molar-refractivity contribution in [2.75, 3.05) is 60.2 Å². The van der Waals surface area contributed by atoms with E-state index in [-0.39, 0.29) is 32.3 Å². The summed E-state index contributed by atoms with van der Waals surface area (Å²) < 4.78 is 36.9. The fourth-order valence-corrected chi connectivity index (χ4v) is 7.14. The number of esters is 1. The smallest absolute Gasteiger partial charge is 0.408 e. The molecule has 0 spiro atoms.